The topological polar surface area (TPSA) is 32.3 Å². The first-order valence-corrected chi connectivity index (χ1v) is 5.40. The Morgan fingerprint density at radius 2 is 2.00 bits per heavy atom. The van der Waals surface area contributed by atoms with E-state index in [4.69, 9.17) is 5.11 Å². The smallest absolute Gasteiger partial charge is 0.0610 e. The summed E-state index contributed by atoms with van der Waals surface area (Å²) < 4.78 is 0. The highest BCUT2D eigenvalue weighted by Gasteiger charge is 2.18. The molecule has 2 nitrogen and oxygen atoms in total. The van der Waals surface area contributed by atoms with Crippen LogP contribution in [-0.4, -0.2) is 23.8 Å². The average molecular weight is 187 g/mol. The average Bonchev–Trinajstić information content (AvgIpc) is 2.12. The van der Waals surface area contributed by atoms with Crippen LogP contribution in [0.3, 0.4) is 0 Å². The molecular weight excluding hydrogens is 162 g/mol. The zero-order valence-corrected chi connectivity index (χ0v) is 9.56. The first-order valence-electron chi connectivity index (χ1n) is 5.40. The Balaban J connectivity index is 3.50. The lowest BCUT2D eigenvalue weighted by atomic mass is 9.99. The van der Waals surface area contributed by atoms with Gasteiger partial charge in [0, 0.05) is 5.54 Å². The summed E-state index contributed by atoms with van der Waals surface area (Å²) in [6.07, 6.45) is 3.44. The maximum atomic E-state index is 9.13. The third-order valence-corrected chi connectivity index (χ3v) is 2.64. The van der Waals surface area contributed by atoms with Gasteiger partial charge in [-0.05, 0) is 38.6 Å². The zero-order chi connectivity index (χ0) is 10.3. The highest BCUT2D eigenvalue weighted by Crippen LogP contribution is 2.08. The molecule has 0 aliphatic carbocycles. The first-order chi connectivity index (χ1) is 6.04. The summed E-state index contributed by atoms with van der Waals surface area (Å²) in [5, 5.41) is 12.5. The lowest BCUT2D eigenvalue weighted by molar-refractivity contribution is 0.169. The van der Waals surface area contributed by atoms with Gasteiger partial charge in [0.2, 0.25) is 0 Å². The molecule has 2 N–H and O–H groups in total. The quantitative estimate of drug-likeness (QED) is 0.599. The van der Waals surface area contributed by atoms with Crippen LogP contribution >= 0.6 is 0 Å². The van der Waals surface area contributed by atoms with Gasteiger partial charge >= 0.3 is 0 Å². The number of aliphatic hydroxyl groups is 1. The van der Waals surface area contributed by atoms with E-state index < -0.39 is 0 Å². The molecule has 13 heavy (non-hydrogen) atoms. The number of rotatable bonds is 7. The summed E-state index contributed by atoms with van der Waals surface area (Å²) >= 11 is 0. The van der Waals surface area contributed by atoms with Crippen LogP contribution in [0.2, 0.25) is 0 Å². The van der Waals surface area contributed by atoms with E-state index in [0.717, 1.165) is 18.9 Å². The van der Waals surface area contributed by atoms with Crippen molar-refractivity contribution in [2.45, 2.75) is 52.5 Å². The van der Waals surface area contributed by atoms with Crippen LogP contribution in [0.1, 0.15) is 47.0 Å². The molecule has 80 valence electrons. The van der Waals surface area contributed by atoms with Crippen LogP contribution in [0, 0.1) is 5.92 Å². The maximum Gasteiger partial charge on any atom is 0.0610 e. The molecule has 0 aliphatic rings. The Kier molecular flexibility index (Phi) is 6.35. The van der Waals surface area contributed by atoms with Crippen molar-refractivity contribution in [3.63, 3.8) is 0 Å². The molecule has 0 bridgehead atoms. The Hall–Kier alpha value is -0.0800. The summed E-state index contributed by atoms with van der Waals surface area (Å²) in [5.74, 6) is 0.781. The van der Waals surface area contributed by atoms with Crippen molar-refractivity contribution in [2.24, 2.45) is 5.92 Å². The minimum Gasteiger partial charge on any atom is -0.394 e. The van der Waals surface area contributed by atoms with E-state index >= 15 is 0 Å². The van der Waals surface area contributed by atoms with Gasteiger partial charge in [0.25, 0.3) is 0 Å². The lowest BCUT2D eigenvalue weighted by Crippen LogP contribution is -2.45. The van der Waals surface area contributed by atoms with Crippen molar-refractivity contribution in [3.8, 4) is 0 Å². The SMILES string of the molecule is CCC(C)(CO)NCCCC(C)C. The fourth-order valence-corrected chi connectivity index (χ4v) is 1.19. The van der Waals surface area contributed by atoms with Crippen molar-refractivity contribution in [1.29, 1.82) is 0 Å². The van der Waals surface area contributed by atoms with Crippen LogP contribution in [0.25, 0.3) is 0 Å². The fraction of sp³-hybridized carbons (Fsp3) is 1.00. The largest absolute Gasteiger partial charge is 0.394 e. The van der Waals surface area contributed by atoms with E-state index in [1.165, 1.54) is 12.8 Å². The van der Waals surface area contributed by atoms with Crippen molar-refractivity contribution >= 4 is 0 Å². The molecule has 0 fully saturated rings. The fourth-order valence-electron chi connectivity index (χ4n) is 1.19. The molecule has 0 rings (SSSR count). The van der Waals surface area contributed by atoms with Gasteiger partial charge in [-0.15, -0.1) is 0 Å². The molecule has 0 aromatic rings. The third kappa shape index (κ3) is 6.05. The normalized spacial score (nSPS) is 16.2. The summed E-state index contributed by atoms with van der Waals surface area (Å²) in [5.41, 5.74) is -0.0724. The maximum absolute atomic E-state index is 9.13. The Morgan fingerprint density at radius 3 is 2.38 bits per heavy atom. The molecule has 0 aliphatic heterocycles. The van der Waals surface area contributed by atoms with Gasteiger partial charge in [0.15, 0.2) is 0 Å². The van der Waals surface area contributed by atoms with Gasteiger partial charge in [-0.1, -0.05) is 20.8 Å². The highest BCUT2D eigenvalue weighted by molar-refractivity contribution is 4.79. The zero-order valence-electron chi connectivity index (χ0n) is 9.56. The summed E-state index contributed by atoms with van der Waals surface area (Å²) in [6.45, 7) is 9.90. The van der Waals surface area contributed by atoms with E-state index in [2.05, 4.69) is 33.0 Å². The molecule has 2 heteroatoms. The van der Waals surface area contributed by atoms with E-state index in [-0.39, 0.29) is 12.1 Å². The number of hydrogen-bond donors (Lipinski definition) is 2. The van der Waals surface area contributed by atoms with Crippen molar-refractivity contribution in [2.75, 3.05) is 13.2 Å². The van der Waals surface area contributed by atoms with Crippen molar-refractivity contribution in [3.05, 3.63) is 0 Å². The molecule has 1 atom stereocenters. The molecule has 0 aromatic carbocycles. The molecule has 0 radical (unpaired) electrons. The van der Waals surface area contributed by atoms with Gasteiger partial charge in [-0.2, -0.15) is 0 Å². The minimum absolute atomic E-state index is 0.0724. The molecular formula is C11H25NO. The minimum atomic E-state index is -0.0724. The molecule has 0 amide bonds. The van der Waals surface area contributed by atoms with Crippen molar-refractivity contribution < 1.29 is 5.11 Å². The van der Waals surface area contributed by atoms with E-state index in [0.29, 0.717) is 0 Å². The van der Waals surface area contributed by atoms with E-state index in [1.54, 1.807) is 0 Å². The standard InChI is InChI=1S/C11H25NO/c1-5-11(4,9-13)12-8-6-7-10(2)3/h10,12-13H,5-9H2,1-4H3. The van der Waals surface area contributed by atoms with Crippen LogP contribution in [0.4, 0.5) is 0 Å². The van der Waals surface area contributed by atoms with Crippen molar-refractivity contribution in [1.82, 2.24) is 5.32 Å². The Morgan fingerprint density at radius 1 is 1.38 bits per heavy atom. The predicted octanol–water partition coefficient (Wildman–Crippen LogP) is 2.17. The van der Waals surface area contributed by atoms with Gasteiger partial charge in [0.1, 0.15) is 0 Å². The van der Waals surface area contributed by atoms with Crippen LogP contribution in [-0.2, 0) is 0 Å². The third-order valence-electron chi connectivity index (χ3n) is 2.64. The second-order valence-electron chi connectivity index (χ2n) is 4.54. The molecule has 0 saturated heterocycles. The predicted molar refractivity (Wildman–Crippen MR) is 57.9 cm³/mol. The lowest BCUT2D eigenvalue weighted by Gasteiger charge is -2.27. The second-order valence-corrected chi connectivity index (χ2v) is 4.54. The molecule has 0 aromatic heterocycles. The summed E-state index contributed by atoms with van der Waals surface area (Å²) in [4.78, 5) is 0. The Labute approximate surface area is 82.7 Å². The molecule has 0 spiro atoms. The first kappa shape index (κ1) is 12.9. The van der Waals surface area contributed by atoms with Gasteiger partial charge in [0.05, 0.1) is 6.61 Å². The van der Waals surface area contributed by atoms with Gasteiger partial charge < -0.3 is 10.4 Å². The number of nitrogens with one attached hydrogen (secondary N) is 1. The molecule has 0 saturated carbocycles. The second kappa shape index (κ2) is 6.39. The van der Waals surface area contributed by atoms with Crippen LogP contribution < -0.4 is 5.32 Å². The van der Waals surface area contributed by atoms with Gasteiger partial charge in [-0.3, -0.25) is 0 Å². The Bertz CT molecular complexity index is 119. The summed E-state index contributed by atoms with van der Waals surface area (Å²) in [7, 11) is 0. The van der Waals surface area contributed by atoms with Gasteiger partial charge in [-0.25, -0.2) is 0 Å². The van der Waals surface area contributed by atoms with E-state index in [1.807, 2.05) is 0 Å². The number of hydrogen-bond acceptors (Lipinski definition) is 2. The summed E-state index contributed by atoms with van der Waals surface area (Å²) in [6, 6.07) is 0. The van der Waals surface area contributed by atoms with Crippen LogP contribution in [0.5, 0.6) is 0 Å². The number of aliphatic hydroxyl groups excluding tert-OH is 1. The van der Waals surface area contributed by atoms with E-state index in [9.17, 15) is 0 Å². The van der Waals surface area contributed by atoms with Crippen LogP contribution in [0.15, 0.2) is 0 Å². The monoisotopic (exact) mass is 187 g/mol. The molecule has 0 heterocycles. The highest BCUT2D eigenvalue weighted by atomic mass is 16.3. The molecule has 1 unspecified atom stereocenters.